The molecule has 1 saturated heterocycles. The first kappa shape index (κ1) is 17.5. The van der Waals surface area contributed by atoms with E-state index in [0.717, 1.165) is 50.8 Å². The van der Waals surface area contributed by atoms with Crippen molar-refractivity contribution < 1.29 is 5.21 Å². The third-order valence-corrected chi connectivity index (χ3v) is 5.12. The molecule has 0 amide bonds. The Morgan fingerprint density at radius 3 is 2.59 bits per heavy atom. The number of allylic oxidation sites excluding steroid dienone is 2. The van der Waals surface area contributed by atoms with Crippen LogP contribution in [0.4, 0.5) is 5.82 Å². The molecule has 6 heteroatoms. The number of hydrogen-bond donors (Lipinski definition) is 1. The van der Waals surface area contributed by atoms with Crippen LogP contribution in [0.1, 0.15) is 18.4 Å². The van der Waals surface area contributed by atoms with Crippen LogP contribution in [0, 0.1) is 0 Å². The number of anilines is 1. The van der Waals surface area contributed by atoms with E-state index in [9.17, 15) is 10.0 Å². The fraction of sp³-hybridized carbons (Fsp3) is 0.333. The van der Waals surface area contributed by atoms with Gasteiger partial charge in [0.15, 0.2) is 0 Å². The molecule has 2 heterocycles. The van der Waals surface area contributed by atoms with Gasteiger partial charge in [-0.05, 0) is 24.5 Å². The first-order valence-electron chi connectivity index (χ1n) is 9.43. The summed E-state index contributed by atoms with van der Waals surface area (Å²) >= 11 is 0. The number of nitrogens with zero attached hydrogens (tertiary/aromatic N) is 4. The fourth-order valence-corrected chi connectivity index (χ4v) is 3.66. The van der Waals surface area contributed by atoms with Crippen LogP contribution in [0.2, 0.25) is 0 Å². The Morgan fingerprint density at radius 2 is 1.81 bits per heavy atom. The molecule has 2 aliphatic rings. The lowest BCUT2D eigenvalue weighted by Gasteiger charge is -2.35. The number of fused-ring (bicyclic) bond motifs is 1. The normalized spacial score (nSPS) is 17.4. The molecule has 1 N–H and O–H groups in total. The zero-order valence-electron chi connectivity index (χ0n) is 15.3. The highest BCUT2D eigenvalue weighted by atomic mass is 16.5. The Kier molecular flexibility index (Phi) is 5.07. The molecule has 0 unspecified atom stereocenters. The van der Waals surface area contributed by atoms with Gasteiger partial charge >= 0.3 is 5.69 Å². The highest BCUT2D eigenvalue weighted by molar-refractivity contribution is 5.51. The van der Waals surface area contributed by atoms with E-state index in [1.165, 1.54) is 5.56 Å². The van der Waals surface area contributed by atoms with Crippen LogP contribution in [0.5, 0.6) is 0 Å². The second-order valence-corrected chi connectivity index (χ2v) is 6.95. The number of benzene rings is 1. The molecule has 1 aromatic carbocycles. The van der Waals surface area contributed by atoms with Crippen LogP contribution in [0.3, 0.4) is 0 Å². The summed E-state index contributed by atoms with van der Waals surface area (Å²) in [5, 5.41) is 11.5. The molecule has 0 bridgehead atoms. The maximum Gasteiger partial charge on any atom is 0.382 e. The summed E-state index contributed by atoms with van der Waals surface area (Å²) in [6, 6.07) is 10.5. The van der Waals surface area contributed by atoms with Crippen LogP contribution < -0.4 is 21.2 Å². The highest BCUT2D eigenvalue weighted by Gasteiger charge is 2.20. The van der Waals surface area contributed by atoms with Crippen molar-refractivity contribution in [2.75, 3.05) is 31.1 Å². The third-order valence-electron chi connectivity index (χ3n) is 5.12. The smallest absolute Gasteiger partial charge is 0.382 e. The second kappa shape index (κ2) is 7.80. The minimum Gasteiger partial charge on any atom is -0.424 e. The molecule has 4 rings (SSSR count). The second-order valence-electron chi connectivity index (χ2n) is 6.95. The Balaban J connectivity index is 1.59. The van der Waals surface area contributed by atoms with Crippen molar-refractivity contribution >= 4 is 18.0 Å². The lowest BCUT2D eigenvalue weighted by molar-refractivity contribution is 0.160. The van der Waals surface area contributed by atoms with Crippen LogP contribution in [-0.4, -0.2) is 46.0 Å². The molecule has 1 aliphatic carbocycles. The van der Waals surface area contributed by atoms with E-state index >= 15 is 0 Å². The van der Waals surface area contributed by atoms with E-state index in [4.69, 9.17) is 0 Å². The number of aromatic nitrogens is 2. The average Bonchev–Trinajstić information content (AvgIpc) is 2.67. The number of rotatable bonds is 3. The minimum absolute atomic E-state index is 0.543. The molecular formula is C21H24N4O2. The zero-order valence-corrected chi connectivity index (χ0v) is 15.3. The van der Waals surface area contributed by atoms with Crippen molar-refractivity contribution in [2.24, 2.45) is 0 Å². The predicted octanol–water partition coefficient (Wildman–Crippen LogP) is 0.714. The van der Waals surface area contributed by atoms with Crippen LogP contribution >= 0.6 is 0 Å². The molecule has 0 spiro atoms. The predicted molar refractivity (Wildman–Crippen MR) is 106 cm³/mol. The van der Waals surface area contributed by atoms with Crippen molar-refractivity contribution in [3.05, 3.63) is 69.1 Å². The van der Waals surface area contributed by atoms with Gasteiger partial charge in [-0.3, -0.25) is 4.90 Å². The molecule has 0 atom stereocenters. The fourth-order valence-electron chi connectivity index (χ4n) is 3.66. The van der Waals surface area contributed by atoms with E-state index < -0.39 is 5.69 Å². The zero-order chi connectivity index (χ0) is 18.6. The third kappa shape index (κ3) is 3.80. The maximum absolute atomic E-state index is 12.2. The Hall–Kier alpha value is -2.86. The monoisotopic (exact) mass is 364 g/mol. The van der Waals surface area contributed by atoms with Gasteiger partial charge in [0.05, 0.1) is 5.35 Å². The van der Waals surface area contributed by atoms with E-state index in [1.54, 1.807) is 0 Å². The van der Waals surface area contributed by atoms with E-state index in [0.29, 0.717) is 15.9 Å². The van der Waals surface area contributed by atoms with Crippen molar-refractivity contribution in [1.82, 2.24) is 14.6 Å². The first-order valence-corrected chi connectivity index (χ1v) is 9.43. The minimum atomic E-state index is -0.621. The van der Waals surface area contributed by atoms with Crippen LogP contribution in [-0.2, 0) is 6.54 Å². The van der Waals surface area contributed by atoms with E-state index in [2.05, 4.69) is 45.1 Å². The van der Waals surface area contributed by atoms with Crippen LogP contribution in [0.15, 0.2) is 47.3 Å². The van der Waals surface area contributed by atoms with Crippen molar-refractivity contribution in [3.63, 3.8) is 0 Å². The largest absolute Gasteiger partial charge is 0.424 e. The molecule has 1 aromatic heterocycles. The van der Waals surface area contributed by atoms with Crippen molar-refractivity contribution in [1.29, 1.82) is 0 Å². The van der Waals surface area contributed by atoms with E-state index in [-0.39, 0.29) is 0 Å². The summed E-state index contributed by atoms with van der Waals surface area (Å²) in [6.07, 6.45) is 9.59. The SMILES string of the molecule is O=c1nc(N2CCN(Cc3ccccc3)CC2)c2c(n1O)=CCCC=CC=2. The molecule has 27 heavy (non-hydrogen) atoms. The maximum atomic E-state index is 12.2. The summed E-state index contributed by atoms with van der Waals surface area (Å²) in [5.41, 5.74) is 0.690. The van der Waals surface area contributed by atoms with Gasteiger partial charge in [-0.2, -0.15) is 4.98 Å². The first-order chi connectivity index (χ1) is 13.2. The molecule has 140 valence electrons. The van der Waals surface area contributed by atoms with Gasteiger partial charge in [0.1, 0.15) is 5.82 Å². The Morgan fingerprint density at radius 1 is 1.04 bits per heavy atom. The van der Waals surface area contributed by atoms with Gasteiger partial charge in [0.25, 0.3) is 0 Å². The molecule has 0 radical (unpaired) electrons. The quantitative estimate of drug-likeness (QED) is 0.813. The van der Waals surface area contributed by atoms with Gasteiger partial charge in [-0.25, -0.2) is 4.79 Å². The van der Waals surface area contributed by atoms with Gasteiger partial charge in [0.2, 0.25) is 0 Å². The average molecular weight is 364 g/mol. The summed E-state index contributed by atoms with van der Waals surface area (Å²) < 4.78 is 0.667. The molecular weight excluding hydrogens is 340 g/mol. The van der Waals surface area contributed by atoms with Gasteiger partial charge in [-0.1, -0.05) is 48.6 Å². The molecule has 6 nitrogen and oxygen atoms in total. The van der Waals surface area contributed by atoms with Gasteiger partial charge < -0.3 is 10.1 Å². The lowest BCUT2D eigenvalue weighted by Crippen LogP contribution is -2.52. The van der Waals surface area contributed by atoms with E-state index in [1.807, 2.05) is 24.3 Å². The van der Waals surface area contributed by atoms with Gasteiger partial charge in [-0.15, -0.1) is 4.73 Å². The Bertz CT molecular complexity index is 1000. The van der Waals surface area contributed by atoms with Crippen molar-refractivity contribution in [2.45, 2.75) is 19.4 Å². The molecule has 2 aromatic rings. The van der Waals surface area contributed by atoms with Gasteiger partial charge in [0, 0.05) is 37.9 Å². The highest BCUT2D eigenvalue weighted by Crippen LogP contribution is 2.11. The lowest BCUT2D eigenvalue weighted by atomic mass is 10.1. The molecule has 1 aliphatic heterocycles. The molecule has 0 saturated carbocycles. The number of piperazine rings is 1. The Labute approximate surface area is 158 Å². The molecule has 1 fully saturated rings. The summed E-state index contributed by atoms with van der Waals surface area (Å²) in [4.78, 5) is 20.9. The van der Waals surface area contributed by atoms with Crippen LogP contribution in [0.25, 0.3) is 12.2 Å². The number of hydrogen-bond acceptors (Lipinski definition) is 5. The standard InChI is InChI=1S/C21H24N4O2/c26-21-22-20(18-10-6-1-2-7-11-19(18)25(21)27)24-14-12-23(13-15-24)16-17-8-4-3-5-9-17/h1,3-6,8-11,27H,2,7,12-16H2. The summed E-state index contributed by atoms with van der Waals surface area (Å²) in [5.74, 6) is 0.669. The summed E-state index contributed by atoms with van der Waals surface area (Å²) in [7, 11) is 0. The topological polar surface area (TPSA) is 61.6 Å². The summed E-state index contributed by atoms with van der Waals surface area (Å²) in [6.45, 7) is 4.36. The van der Waals surface area contributed by atoms with Crippen molar-refractivity contribution in [3.8, 4) is 0 Å².